The van der Waals surface area contributed by atoms with Gasteiger partial charge in [-0.1, -0.05) is 56.3 Å². The molecule has 2 saturated carbocycles. The van der Waals surface area contributed by atoms with Gasteiger partial charge >= 0.3 is 0 Å². The maximum Gasteiger partial charge on any atom is 0.235 e. The van der Waals surface area contributed by atoms with Gasteiger partial charge in [0, 0.05) is 5.02 Å². The van der Waals surface area contributed by atoms with E-state index in [1.807, 2.05) is 0 Å². The van der Waals surface area contributed by atoms with E-state index in [9.17, 15) is 4.79 Å². The molecule has 0 N–H and O–H groups in total. The molecule has 3 rings (SSSR count). The summed E-state index contributed by atoms with van der Waals surface area (Å²) in [6.07, 6.45) is 10.9. The summed E-state index contributed by atoms with van der Waals surface area (Å²) in [5, 5.41) is 0.851. The second-order valence-corrected chi connectivity index (χ2v) is 7.54. The lowest BCUT2D eigenvalue weighted by Crippen LogP contribution is -2.19. The van der Waals surface area contributed by atoms with Crippen molar-refractivity contribution in [3.63, 3.8) is 0 Å². The van der Waals surface area contributed by atoms with Crippen LogP contribution in [0.25, 0.3) is 0 Å². The first-order valence-electron chi connectivity index (χ1n) is 8.53. The van der Waals surface area contributed by atoms with Crippen molar-refractivity contribution in [2.75, 3.05) is 0 Å². The second-order valence-electron chi connectivity index (χ2n) is 7.13. The van der Waals surface area contributed by atoms with Gasteiger partial charge in [-0.2, -0.15) is 4.99 Å². The van der Waals surface area contributed by atoms with Crippen LogP contribution in [0.3, 0.4) is 0 Å². The van der Waals surface area contributed by atoms with E-state index in [4.69, 9.17) is 11.6 Å². The predicted octanol–water partition coefficient (Wildman–Crippen LogP) is 5.74. The van der Waals surface area contributed by atoms with Gasteiger partial charge in [-0.05, 0) is 54.7 Å². The van der Waals surface area contributed by atoms with E-state index in [1.165, 1.54) is 31.2 Å². The molecule has 0 spiro atoms. The Hall–Kier alpha value is -1.11. The summed E-state index contributed by atoms with van der Waals surface area (Å²) in [6.45, 7) is 2.34. The van der Waals surface area contributed by atoms with Gasteiger partial charge in [-0.25, -0.2) is 4.79 Å². The van der Waals surface area contributed by atoms with E-state index in [0.29, 0.717) is 5.92 Å². The Balaban J connectivity index is 1.87. The zero-order chi connectivity index (χ0) is 15.6. The summed E-state index contributed by atoms with van der Waals surface area (Å²) < 4.78 is 0. The molecule has 0 atom stereocenters. The zero-order valence-electron chi connectivity index (χ0n) is 13.3. The number of halogens is 1. The van der Waals surface area contributed by atoms with E-state index in [1.54, 1.807) is 6.08 Å². The molecule has 2 aliphatic carbocycles. The van der Waals surface area contributed by atoms with Crippen molar-refractivity contribution in [3.05, 3.63) is 34.3 Å². The molecule has 2 nitrogen and oxygen atoms in total. The molecule has 22 heavy (non-hydrogen) atoms. The Morgan fingerprint density at radius 3 is 2.45 bits per heavy atom. The number of carbonyl (C=O) groups excluding carboxylic acids is 1. The minimum absolute atomic E-state index is 0.370. The predicted molar refractivity (Wildman–Crippen MR) is 90.1 cm³/mol. The van der Waals surface area contributed by atoms with Gasteiger partial charge in [0.05, 0.1) is 5.54 Å². The molecule has 0 heterocycles. The lowest BCUT2D eigenvalue weighted by molar-refractivity contribution is 0.348. The van der Waals surface area contributed by atoms with Gasteiger partial charge in [0.2, 0.25) is 6.08 Å². The van der Waals surface area contributed by atoms with E-state index in [2.05, 4.69) is 30.1 Å². The topological polar surface area (TPSA) is 29.4 Å². The molecular weight excluding hydrogens is 294 g/mol. The van der Waals surface area contributed by atoms with Crippen molar-refractivity contribution in [3.8, 4) is 0 Å². The number of hydrogen-bond acceptors (Lipinski definition) is 2. The lowest BCUT2D eigenvalue weighted by Gasteiger charge is -2.28. The number of hydrogen-bond donors (Lipinski definition) is 0. The normalized spacial score (nSPS) is 27.4. The Kier molecular flexibility index (Phi) is 4.70. The summed E-state index contributed by atoms with van der Waals surface area (Å²) in [5.41, 5.74) is 2.00. The lowest BCUT2D eigenvalue weighted by atomic mass is 9.78. The summed E-state index contributed by atoms with van der Waals surface area (Å²) in [7, 11) is 0. The van der Waals surface area contributed by atoms with Crippen LogP contribution in [0, 0.1) is 5.92 Å². The standard InChI is InChI=1S/C19H24ClNO/c1-14-4-6-15(7-5-14)17-9-8-16(12-18(17)20)19(21-13-22)10-2-3-11-19/h8-9,12,14-15H,2-7,10-11H2,1H3. The number of benzene rings is 1. The van der Waals surface area contributed by atoms with Gasteiger partial charge in [-0.3, -0.25) is 0 Å². The van der Waals surface area contributed by atoms with Crippen molar-refractivity contribution in [2.45, 2.75) is 69.7 Å². The molecule has 0 saturated heterocycles. The molecule has 0 bridgehead atoms. The molecule has 2 fully saturated rings. The molecule has 0 aromatic heterocycles. The average molecular weight is 318 g/mol. The molecular formula is C19H24ClNO. The Morgan fingerprint density at radius 2 is 1.86 bits per heavy atom. The maximum atomic E-state index is 10.8. The summed E-state index contributed by atoms with van der Waals surface area (Å²) in [4.78, 5) is 15.0. The molecule has 0 radical (unpaired) electrons. The maximum absolute atomic E-state index is 10.8. The number of isocyanates is 1. The van der Waals surface area contributed by atoms with Crippen molar-refractivity contribution < 1.29 is 4.79 Å². The van der Waals surface area contributed by atoms with Crippen LogP contribution in [0.1, 0.15) is 75.3 Å². The van der Waals surface area contributed by atoms with E-state index >= 15 is 0 Å². The van der Waals surface area contributed by atoms with Crippen LogP contribution in [0.2, 0.25) is 5.02 Å². The monoisotopic (exact) mass is 317 g/mol. The minimum Gasteiger partial charge on any atom is -0.211 e. The van der Waals surface area contributed by atoms with Crippen molar-refractivity contribution in [1.29, 1.82) is 0 Å². The largest absolute Gasteiger partial charge is 0.235 e. The molecule has 1 aromatic rings. The van der Waals surface area contributed by atoms with Crippen LogP contribution in [0.5, 0.6) is 0 Å². The van der Waals surface area contributed by atoms with Gasteiger partial charge in [0.1, 0.15) is 0 Å². The Labute approximate surface area is 138 Å². The molecule has 0 amide bonds. The summed E-state index contributed by atoms with van der Waals surface area (Å²) >= 11 is 6.60. The first-order chi connectivity index (χ1) is 10.6. The van der Waals surface area contributed by atoms with Gasteiger partial charge < -0.3 is 0 Å². The second kappa shape index (κ2) is 6.56. The highest BCUT2D eigenvalue weighted by Gasteiger charge is 2.36. The first-order valence-corrected chi connectivity index (χ1v) is 8.91. The average Bonchev–Trinajstić information content (AvgIpc) is 2.98. The van der Waals surface area contributed by atoms with Crippen LogP contribution in [-0.2, 0) is 10.3 Å². The van der Waals surface area contributed by atoms with Crippen LogP contribution in [-0.4, -0.2) is 6.08 Å². The summed E-state index contributed by atoms with van der Waals surface area (Å²) in [6, 6.07) is 6.38. The van der Waals surface area contributed by atoms with Gasteiger partial charge in [0.15, 0.2) is 0 Å². The molecule has 0 unspecified atom stereocenters. The molecule has 3 heteroatoms. The van der Waals surface area contributed by atoms with Crippen LogP contribution in [0.4, 0.5) is 0 Å². The smallest absolute Gasteiger partial charge is 0.211 e. The van der Waals surface area contributed by atoms with E-state index < -0.39 is 0 Å². The van der Waals surface area contributed by atoms with Crippen molar-refractivity contribution in [2.24, 2.45) is 10.9 Å². The van der Waals surface area contributed by atoms with E-state index in [-0.39, 0.29) is 5.54 Å². The highest BCUT2D eigenvalue weighted by Crippen LogP contribution is 2.45. The van der Waals surface area contributed by atoms with Gasteiger partial charge in [-0.15, -0.1) is 0 Å². The molecule has 1 aromatic carbocycles. The summed E-state index contributed by atoms with van der Waals surface area (Å²) in [5.74, 6) is 1.44. The van der Waals surface area contributed by atoms with Crippen LogP contribution in [0.15, 0.2) is 23.2 Å². The third-order valence-electron chi connectivity index (χ3n) is 5.68. The number of nitrogens with zero attached hydrogens (tertiary/aromatic N) is 1. The highest BCUT2D eigenvalue weighted by atomic mass is 35.5. The molecule has 2 aliphatic rings. The fourth-order valence-electron chi connectivity index (χ4n) is 4.23. The van der Waals surface area contributed by atoms with Crippen molar-refractivity contribution in [1.82, 2.24) is 0 Å². The highest BCUT2D eigenvalue weighted by molar-refractivity contribution is 6.31. The molecule has 0 aliphatic heterocycles. The van der Waals surface area contributed by atoms with Gasteiger partial charge in [0.25, 0.3) is 0 Å². The zero-order valence-corrected chi connectivity index (χ0v) is 14.0. The first kappa shape index (κ1) is 15.8. The fourth-order valence-corrected chi connectivity index (χ4v) is 4.57. The third-order valence-corrected chi connectivity index (χ3v) is 6.01. The fraction of sp³-hybridized carbons (Fsp3) is 0.632. The third kappa shape index (κ3) is 3.00. The SMILES string of the molecule is CC1CCC(c2ccc(C3(N=C=O)CCCC3)cc2Cl)CC1. The van der Waals surface area contributed by atoms with E-state index in [0.717, 1.165) is 42.2 Å². The van der Waals surface area contributed by atoms with Crippen LogP contribution >= 0.6 is 11.6 Å². The Morgan fingerprint density at radius 1 is 1.18 bits per heavy atom. The van der Waals surface area contributed by atoms with Crippen molar-refractivity contribution >= 4 is 17.7 Å². The molecule has 118 valence electrons. The number of rotatable bonds is 3. The van der Waals surface area contributed by atoms with Crippen LogP contribution < -0.4 is 0 Å². The number of aliphatic imine (C=N–C) groups is 1. The minimum atomic E-state index is -0.370. The quantitative estimate of drug-likeness (QED) is 0.516. The Bertz CT molecular complexity index is 577.